The fourth-order valence-electron chi connectivity index (χ4n) is 2.76. The Morgan fingerprint density at radius 3 is 2.81 bits per heavy atom. The zero-order chi connectivity index (χ0) is 11.8. The van der Waals surface area contributed by atoms with Crippen LogP contribution in [-0.4, -0.2) is 4.98 Å². The van der Waals surface area contributed by atoms with E-state index in [4.69, 9.17) is 5.73 Å². The summed E-state index contributed by atoms with van der Waals surface area (Å²) in [5.74, 6) is 0.793. The Bertz CT molecular complexity index is 380. The first-order valence-corrected chi connectivity index (χ1v) is 5.92. The molecule has 2 rings (SSSR count). The second-order valence-electron chi connectivity index (χ2n) is 5.21. The molecule has 3 unspecified atom stereocenters. The van der Waals surface area contributed by atoms with E-state index in [2.05, 4.69) is 18.8 Å². The maximum absolute atomic E-state index is 13.2. The molecule has 1 aromatic heterocycles. The van der Waals surface area contributed by atoms with Gasteiger partial charge in [0.2, 0.25) is 0 Å². The van der Waals surface area contributed by atoms with Gasteiger partial charge < -0.3 is 5.73 Å². The van der Waals surface area contributed by atoms with E-state index in [0.29, 0.717) is 11.8 Å². The van der Waals surface area contributed by atoms with Crippen LogP contribution in [0.15, 0.2) is 18.5 Å². The lowest BCUT2D eigenvalue weighted by Gasteiger charge is -2.42. The van der Waals surface area contributed by atoms with Gasteiger partial charge in [-0.2, -0.15) is 0 Å². The molecule has 88 valence electrons. The molecule has 0 amide bonds. The molecule has 1 saturated carbocycles. The Kier molecular flexibility index (Phi) is 2.98. The first-order valence-electron chi connectivity index (χ1n) is 5.92. The SMILES string of the molecule is CC1CCC(N)(c2cncc(F)c2)C(C)C1. The Morgan fingerprint density at radius 1 is 1.44 bits per heavy atom. The summed E-state index contributed by atoms with van der Waals surface area (Å²) < 4.78 is 13.2. The third-order valence-electron chi connectivity index (χ3n) is 3.93. The van der Waals surface area contributed by atoms with Crippen LogP contribution >= 0.6 is 0 Å². The van der Waals surface area contributed by atoms with Crippen LogP contribution in [0.3, 0.4) is 0 Å². The van der Waals surface area contributed by atoms with Crippen LogP contribution in [0.25, 0.3) is 0 Å². The standard InChI is InChI=1S/C13H19FN2/c1-9-3-4-13(15,10(2)5-9)11-6-12(14)8-16-7-11/h6-10H,3-5,15H2,1-2H3. The third-order valence-corrected chi connectivity index (χ3v) is 3.93. The van der Waals surface area contributed by atoms with Gasteiger partial charge in [0.15, 0.2) is 0 Å². The van der Waals surface area contributed by atoms with E-state index in [1.807, 2.05) is 0 Å². The monoisotopic (exact) mass is 222 g/mol. The molecule has 1 aromatic rings. The van der Waals surface area contributed by atoms with Gasteiger partial charge in [0, 0.05) is 11.7 Å². The van der Waals surface area contributed by atoms with E-state index in [0.717, 1.165) is 24.8 Å². The highest BCUT2D eigenvalue weighted by molar-refractivity contribution is 5.23. The van der Waals surface area contributed by atoms with Crippen LogP contribution in [0.2, 0.25) is 0 Å². The average molecular weight is 222 g/mol. The maximum Gasteiger partial charge on any atom is 0.141 e. The van der Waals surface area contributed by atoms with Crippen LogP contribution in [0.1, 0.15) is 38.7 Å². The summed E-state index contributed by atoms with van der Waals surface area (Å²) in [6.07, 6.45) is 6.06. The van der Waals surface area contributed by atoms with Gasteiger partial charge in [0.05, 0.1) is 6.20 Å². The van der Waals surface area contributed by atoms with Crippen molar-refractivity contribution in [1.82, 2.24) is 4.98 Å². The van der Waals surface area contributed by atoms with Gasteiger partial charge in [-0.3, -0.25) is 4.98 Å². The average Bonchev–Trinajstić information content (AvgIpc) is 2.24. The molecule has 1 heterocycles. The predicted octanol–water partition coefficient (Wildman–Crippen LogP) is 2.83. The van der Waals surface area contributed by atoms with Crippen molar-refractivity contribution in [3.63, 3.8) is 0 Å². The van der Waals surface area contributed by atoms with Gasteiger partial charge >= 0.3 is 0 Å². The molecule has 3 atom stereocenters. The van der Waals surface area contributed by atoms with Gasteiger partial charge in [-0.05, 0) is 42.7 Å². The van der Waals surface area contributed by atoms with E-state index in [-0.39, 0.29) is 5.82 Å². The number of nitrogens with two attached hydrogens (primary N) is 1. The van der Waals surface area contributed by atoms with Crippen molar-refractivity contribution in [2.24, 2.45) is 17.6 Å². The van der Waals surface area contributed by atoms with Gasteiger partial charge in [0.1, 0.15) is 5.82 Å². The molecule has 16 heavy (non-hydrogen) atoms. The quantitative estimate of drug-likeness (QED) is 0.793. The van der Waals surface area contributed by atoms with Gasteiger partial charge in [-0.1, -0.05) is 13.8 Å². The molecule has 2 nitrogen and oxygen atoms in total. The molecule has 0 radical (unpaired) electrons. The van der Waals surface area contributed by atoms with E-state index >= 15 is 0 Å². The molecule has 3 heteroatoms. The molecule has 1 fully saturated rings. The smallest absolute Gasteiger partial charge is 0.141 e. The summed E-state index contributed by atoms with van der Waals surface area (Å²) in [4.78, 5) is 3.90. The van der Waals surface area contributed by atoms with Crippen molar-refractivity contribution in [3.05, 3.63) is 29.8 Å². The molecule has 0 aromatic carbocycles. The van der Waals surface area contributed by atoms with E-state index in [1.54, 1.807) is 6.20 Å². The summed E-state index contributed by atoms with van der Waals surface area (Å²) >= 11 is 0. The zero-order valence-corrected chi connectivity index (χ0v) is 9.91. The van der Waals surface area contributed by atoms with E-state index in [9.17, 15) is 4.39 Å². The Morgan fingerprint density at radius 2 is 2.19 bits per heavy atom. The second-order valence-corrected chi connectivity index (χ2v) is 5.21. The highest BCUT2D eigenvalue weighted by Gasteiger charge is 2.38. The molecule has 0 saturated heterocycles. The molecular weight excluding hydrogens is 203 g/mol. The number of halogens is 1. The van der Waals surface area contributed by atoms with Gasteiger partial charge in [0.25, 0.3) is 0 Å². The van der Waals surface area contributed by atoms with Gasteiger partial charge in [-0.25, -0.2) is 4.39 Å². The summed E-state index contributed by atoms with van der Waals surface area (Å²) in [7, 11) is 0. The van der Waals surface area contributed by atoms with Crippen LogP contribution in [-0.2, 0) is 5.54 Å². The molecule has 1 aliphatic carbocycles. The first kappa shape index (κ1) is 11.5. The second kappa shape index (κ2) is 4.13. The summed E-state index contributed by atoms with van der Waals surface area (Å²) in [5, 5.41) is 0. The third kappa shape index (κ3) is 1.96. The normalized spacial score (nSPS) is 35.0. The number of nitrogens with zero attached hydrogens (tertiary/aromatic N) is 1. The number of aromatic nitrogens is 1. The Balaban J connectivity index is 2.31. The van der Waals surface area contributed by atoms with Crippen LogP contribution < -0.4 is 5.73 Å². The van der Waals surface area contributed by atoms with E-state index < -0.39 is 5.54 Å². The van der Waals surface area contributed by atoms with Crippen molar-refractivity contribution < 1.29 is 4.39 Å². The number of pyridine rings is 1. The molecule has 2 N–H and O–H groups in total. The number of hydrogen-bond donors (Lipinski definition) is 1. The lowest BCUT2D eigenvalue weighted by Crippen LogP contribution is -2.46. The fourth-order valence-corrected chi connectivity index (χ4v) is 2.76. The van der Waals surface area contributed by atoms with E-state index in [1.165, 1.54) is 12.3 Å². The minimum Gasteiger partial charge on any atom is -0.321 e. The minimum absolute atomic E-state index is 0.298. The van der Waals surface area contributed by atoms with Crippen molar-refractivity contribution in [2.75, 3.05) is 0 Å². The number of hydrogen-bond acceptors (Lipinski definition) is 2. The van der Waals surface area contributed by atoms with Crippen molar-refractivity contribution in [3.8, 4) is 0 Å². The molecule has 1 aliphatic rings. The Labute approximate surface area is 96.1 Å². The van der Waals surface area contributed by atoms with Crippen LogP contribution in [0.5, 0.6) is 0 Å². The minimum atomic E-state index is -0.401. The zero-order valence-electron chi connectivity index (χ0n) is 9.91. The fraction of sp³-hybridized carbons (Fsp3) is 0.615. The molecule has 0 aliphatic heterocycles. The van der Waals surface area contributed by atoms with Crippen molar-refractivity contribution in [2.45, 2.75) is 38.6 Å². The molecule has 0 spiro atoms. The molecule has 0 bridgehead atoms. The predicted molar refractivity (Wildman–Crippen MR) is 62.2 cm³/mol. The lowest BCUT2D eigenvalue weighted by molar-refractivity contribution is 0.164. The topological polar surface area (TPSA) is 38.9 Å². The highest BCUT2D eigenvalue weighted by Crippen LogP contribution is 2.41. The van der Waals surface area contributed by atoms with Crippen molar-refractivity contribution >= 4 is 0 Å². The van der Waals surface area contributed by atoms with Gasteiger partial charge in [-0.15, -0.1) is 0 Å². The molecular formula is C13H19FN2. The Hall–Kier alpha value is -0.960. The summed E-state index contributed by atoms with van der Waals surface area (Å²) in [6.45, 7) is 4.40. The van der Waals surface area contributed by atoms with Crippen LogP contribution in [0, 0.1) is 17.7 Å². The lowest BCUT2D eigenvalue weighted by atomic mass is 9.68. The highest BCUT2D eigenvalue weighted by atomic mass is 19.1. The number of rotatable bonds is 1. The largest absolute Gasteiger partial charge is 0.321 e. The maximum atomic E-state index is 13.2. The summed E-state index contributed by atoms with van der Waals surface area (Å²) in [6, 6.07) is 1.53. The van der Waals surface area contributed by atoms with Crippen molar-refractivity contribution in [1.29, 1.82) is 0 Å². The summed E-state index contributed by atoms with van der Waals surface area (Å²) in [5.41, 5.74) is 6.89. The van der Waals surface area contributed by atoms with Crippen LogP contribution in [0.4, 0.5) is 4.39 Å². The first-order chi connectivity index (χ1) is 7.52.